The van der Waals surface area contributed by atoms with Crippen molar-refractivity contribution in [2.45, 2.75) is 26.7 Å². The summed E-state index contributed by atoms with van der Waals surface area (Å²) >= 11 is 0. The first-order valence-corrected chi connectivity index (χ1v) is 7.34. The maximum atomic E-state index is 4.15. The Bertz CT molecular complexity index is 288. The zero-order valence-corrected chi connectivity index (χ0v) is 12.3. The molecule has 106 valence electrons. The van der Waals surface area contributed by atoms with E-state index < -0.39 is 0 Å². The van der Waals surface area contributed by atoms with Crippen molar-refractivity contribution >= 4 is 0 Å². The number of rotatable bonds is 5. The summed E-state index contributed by atoms with van der Waals surface area (Å²) in [5.41, 5.74) is 1.87. The highest BCUT2D eigenvalue weighted by Crippen LogP contribution is 2.41. The van der Waals surface area contributed by atoms with Gasteiger partial charge in [0.2, 0.25) is 0 Å². The van der Waals surface area contributed by atoms with Crippen molar-refractivity contribution in [3.8, 4) is 0 Å². The lowest BCUT2D eigenvalue weighted by Gasteiger charge is -2.55. The largest absolute Gasteiger partial charge is 0.373 e. The molecule has 2 rings (SSSR count). The average molecular weight is 253 g/mol. The van der Waals surface area contributed by atoms with Gasteiger partial charge in [0, 0.05) is 38.7 Å². The fraction of sp³-hybridized carbons (Fsp3) is 0.867. The third kappa shape index (κ3) is 3.07. The van der Waals surface area contributed by atoms with Gasteiger partial charge in [-0.05, 0) is 38.9 Å². The lowest BCUT2D eigenvalue weighted by atomic mass is 9.71. The van der Waals surface area contributed by atoms with Crippen molar-refractivity contribution < 1.29 is 1.43 Å². The molecule has 0 unspecified atom stereocenters. The molecule has 2 saturated heterocycles. The van der Waals surface area contributed by atoms with Crippen molar-refractivity contribution in [1.82, 2.24) is 15.1 Å². The molecule has 0 saturated carbocycles. The molecule has 0 atom stereocenters. The van der Waals surface area contributed by atoms with Crippen LogP contribution in [0, 0.1) is 11.3 Å². The van der Waals surface area contributed by atoms with Gasteiger partial charge in [-0.2, -0.15) is 0 Å². The van der Waals surface area contributed by atoms with Crippen molar-refractivity contribution in [2.24, 2.45) is 11.3 Å². The Hall–Kier alpha value is -0.540. The molecule has 0 aromatic heterocycles. The van der Waals surface area contributed by atoms with Gasteiger partial charge in [-0.15, -0.1) is 0 Å². The van der Waals surface area contributed by atoms with Crippen molar-refractivity contribution in [3.05, 3.63) is 12.3 Å². The lowest BCUT2D eigenvalue weighted by molar-refractivity contribution is -0.0291. The minimum Gasteiger partial charge on any atom is -0.373 e. The molecule has 0 aliphatic carbocycles. The number of piperidine rings is 1. The van der Waals surface area contributed by atoms with Crippen molar-refractivity contribution in [1.29, 1.82) is 0 Å². The van der Waals surface area contributed by atoms with Crippen molar-refractivity contribution in [2.75, 3.05) is 46.3 Å². The van der Waals surface area contributed by atoms with Crippen LogP contribution in [0.1, 0.15) is 28.1 Å². The topological polar surface area (TPSA) is 18.5 Å². The van der Waals surface area contributed by atoms with Gasteiger partial charge in [0.1, 0.15) is 0 Å². The van der Waals surface area contributed by atoms with E-state index in [0.29, 0.717) is 5.41 Å². The molecule has 1 spiro atoms. The van der Waals surface area contributed by atoms with Crippen LogP contribution >= 0.6 is 0 Å². The highest BCUT2D eigenvalue weighted by molar-refractivity contribution is 5.08. The number of nitrogens with one attached hydrogen (secondary N) is 1. The number of nitrogens with zero attached hydrogens (tertiary/aromatic N) is 2. The van der Waals surface area contributed by atoms with Gasteiger partial charge in [0.15, 0.2) is 0 Å². The molecule has 2 heterocycles. The van der Waals surface area contributed by atoms with E-state index in [1.807, 2.05) is 7.05 Å². The van der Waals surface area contributed by atoms with E-state index in [0.717, 1.165) is 12.5 Å². The Labute approximate surface area is 114 Å². The molecule has 0 radical (unpaired) electrons. The van der Waals surface area contributed by atoms with Gasteiger partial charge in [-0.1, -0.05) is 20.4 Å². The third-order valence-electron chi connectivity index (χ3n) is 4.42. The fourth-order valence-corrected chi connectivity index (χ4v) is 3.35. The average Bonchev–Trinajstić information content (AvgIpc) is 2.27. The van der Waals surface area contributed by atoms with E-state index in [1.54, 1.807) is 0 Å². The van der Waals surface area contributed by atoms with Gasteiger partial charge in [0.25, 0.3) is 0 Å². The van der Waals surface area contributed by atoms with E-state index in [1.165, 1.54) is 51.3 Å². The predicted octanol–water partition coefficient (Wildman–Crippen LogP) is 2.02. The fourth-order valence-electron chi connectivity index (χ4n) is 3.35. The first-order valence-electron chi connectivity index (χ1n) is 7.34. The minimum atomic E-state index is 0. The maximum absolute atomic E-state index is 4.15. The highest BCUT2D eigenvalue weighted by atomic mass is 15.2. The Balaban J connectivity index is 0.00000180. The van der Waals surface area contributed by atoms with Crippen LogP contribution in [0.5, 0.6) is 0 Å². The molecular weight excluding hydrogens is 222 g/mol. The second kappa shape index (κ2) is 5.62. The molecule has 3 heteroatoms. The molecule has 2 aliphatic heterocycles. The lowest BCUT2D eigenvalue weighted by Crippen LogP contribution is -2.60. The van der Waals surface area contributed by atoms with Crippen LogP contribution in [-0.2, 0) is 0 Å². The van der Waals surface area contributed by atoms with Crippen LogP contribution in [0.25, 0.3) is 0 Å². The van der Waals surface area contributed by atoms with E-state index in [4.69, 9.17) is 0 Å². The zero-order valence-electron chi connectivity index (χ0n) is 12.3. The summed E-state index contributed by atoms with van der Waals surface area (Å²) in [4.78, 5) is 5.09. The molecule has 2 fully saturated rings. The second-order valence-corrected chi connectivity index (χ2v) is 6.65. The number of likely N-dealkylation sites (tertiary alicyclic amines) is 2. The molecule has 0 aromatic carbocycles. The molecule has 0 amide bonds. The van der Waals surface area contributed by atoms with Crippen LogP contribution in [0.15, 0.2) is 12.3 Å². The standard InChI is InChI=1S/C15H29N3.H2/c1-13(2)10-17-7-5-15(6-8-17)11-18(12-15)14(3)9-16-4;/h13,16H,3,5-12H2,1-2,4H3;1H. The van der Waals surface area contributed by atoms with Crippen LogP contribution in [-0.4, -0.2) is 56.1 Å². The Kier molecular flexibility index (Phi) is 4.33. The molecule has 2 aliphatic rings. The predicted molar refractivity (Wildman–Crippen MR) is 79.7 cm³/mol. The smallest absolute Gasteiger partial charge is 0.0347 e. The summed E-state index contributed by atoms with van der Waals surface area (Å²) < 4.78 is 0. The van der Waals surface area contributed by atoms with E-state index in [-0.39, 0.29) is 1.43 Å². The number of likely N-dealkylation sites (N-methyl/N-ethyl adjacent to an activating group) is 1. The highest BCUT2D eigenvalue weighted by Gasteiger charge is 2.44. The molecule has 1 N–H and O–H groups in total. The van der Waals surface area contributed by atoms with Crippen LogP contribution in [0.3, 0.4) is 0 Å². The summed E-state index contributed by atoms with van der Waals surface area (Å²) in [6.07, 6.45) is 2.76. The number of hydrogen-bond donors (Lipinski definition) is 1. The molecule has 0 aromatic rings. The van der Waals surface area contributed by atoms with E-state index in [2.05, 4.69) is 35.5 Å². The third-order valence-corrected chi connectivity index (χ3v) is 4.42. The number of hydrogen-bond acceptors (Lipinski definition) is 3. The molecular formula is C15H31N3. The van der Waals surface area contributed by atoms with E-state index >= 15 is 0 Å². The second-order valence-electron chi connectivity index (χ2n) is 6.65. The van der Waals surface area contributed by atoms with Crippen LogP contribution in [0.4, 0.5) is 0 Å². The zero-order chi connectivity index (χ0) is 13.2. The minimum absolute atomic E-state index is 0. The summed E-state index contributed by atoms with van der Waals surface area (Å²) in [6.45, 7) is 16.1. The summed E-state index contributed by atoms with van der Waals surface area (Å²) in [6, 6.07) is 0. The monoisotopic (exact) mass is 253 g/mol. The first-order chi connectivity index (χ1) is 8.54. The van der Waals surface area contributed by atoms with Gasteiger partial charge in [0.05, 0.1) is 0 Å². The first kappa shape index (κ1) is 13.9. The maximum Gasteiger partial charge on any atom is 0.0347 e. The van der Waals surface area contributed by atoms with Gasteiger partial charge in [-0.3, -0.25) is 0 Å². The molecule has 3 nitrogen and oxygen atoms in total. The normalized spacial score (nSPS) is 23.4. The van der Waals surface area contributed by atoms with Gasteiger partial charge < -0.3 is 15.1 Å². The van der Waals surface area contributed by atoms with Gasteiger partial charge >= 0.3 is 0 Å². The Morgan fingerprint density at radius 3 is 2.44 bits per heavy atom. The molecule has 18 heavy (non-hydrogen) atoms. The Morgan fingerprint density at radius 1 is 1.33 bits per heavy atom. The SMILES string of the molecule is C=C(CNC)N1CC2(CCN(CC(C)C)CC2)C1.[HH]. The van der Waals surface area contributed by atoms with Crippen LogP contribution < -0.4 is 5.32 Å². The summed E-state index contributed by atoms with van der Waals surface area (Å²) in [5.74, 6) is 0.798. The quantitative estimate of drug-likeness (QED) is 0.809. The molecule has 0 bridgehead atoms. The summed E-state index contributed by atoms with van der Waals surface area (Å²) in [5, 5.41) is 3.19. The van der Waals surface area contributed by atoms with Crippen LogP contribution in [0.2, 0.25) is 0 Å². The van der Waals surface area contributed by atoms with Gasteiger partial charge in [-0.25, -0.2) is 0 Å². The summed E-state index contributed by atoms with van der Waals surface area (Å²) in [7, 11) is 1.99. The van der Waals surface area contributed by atoms with Crippen molar-refractivity contribution in [3.63, 3.8) is 0 Å². The Morgan fingerprint density at radius 2 is 1.94 bits per heavy atom. The van der Waals surface area contributed by atoms with E-state index in [9.17, 15) is 0 Å².